The van der Waals surface area contributed by atoms with E-state index < -0.39 is 45.2 Å². The largest absolute Gasteiger partial charge is 0.354 e. The Bertz CT molecular complexity index is 1740. The SMILES string of the molecule is CCCNC(=O)[C@H](Cc1ccccc1)N(Cc1ccccc1F)C(=O)CN(c1cccc([N+](=O)[O-])c1)S(=O)(=O)c1ccccc1. The molecular weight excluding hydrogens is 599 g/mol. The molecule has 0 aliphatic carbocycles. The number of non-ortho nitro benzene ring substituents is 1. The summed E-state index contributed by atoms with van der Waals surface area (Å²) in [6.45, 7) is 1.05. The van der Waals surface area contributed by atoms with E-state index in [0.29, 0.717) is 13.0 Å². The van der Waals surface area contributed by atoms with Gasteiger partial charge in [-0.2, -0.15) is 0 Å². The summed E-state index contributed by atoms with van der Waals surface area (Å²) in [5.41, 5.74) is 0.354. The highest BCUT2D eigenvalue weighted by molar-refractivity contribution is 7.92. The van der Waals surface area contributed by atoms with Crippen LogP contribution in [0.15, 0.2) is 114 Å². The molecule has 0 heterocycles. The van der Waals surface area contributed by atoms with Crippen molar-refractivity contribution < 1.29 is 27.3 Å². The number of hydrogen-bond acceptors (Lipinski definition) is 6. The summed E-state index contributed by atoms with van der Waals surface area (Å²) < 4.78 is 43.7. The molecule has 0 bridgehead atoms. The van der Waals surface area contributed by atoms with E-state index in [0.717, 1.165) is 15.9 Å². The lowest BCUT2D eigenvalue weighted by Crippen LogP contribution is -2.53. The number of carbonyl (C=O) groups is 2. The molecule has 4 aromatic carbocycles. The Balaban J connectivity index is 1.83. The quantitative estimate of drug-likeness (QED) is 0.152. The van der Waals surface area contributed by atoms with Crippen LogP contribution in [0.5, 0.6) is 0 Å². The molecule has 234 valence electrons. The molecule has 1 N–H and O–H groups in total. The van der Waals surface area contributed by atoms with Crippen molar-refractivity contribution in [2.45, 2.75) is 37.2 Å². The van der Waals surface area contributed by atoms with Crippen LogP contribution in [-0.2, 0) is 32.6 Å². The van der Waals surface area contributed by atoms with Crippen molar-refractivity contribution in [1.29, 1.82) is 0 Å². The van der Waals surface area contributed by atoms with Gasteiger partial charge in [-0.1, -0.05) is 79.7 Å². The molecular formula is C33H33FN4O6S. The molecule has 0 radical (unpaired) electrons. The molecule has 0 spiro atoms. The predicted octanol–water partition coefficient (Wildman–Crippen LogP) is 5.10. The minimum atomic E-state index is -4.44. The van der Waals surface area contributed by atoms with Crippen molar-refractivity contribution >= 4 is 33.2 Å². The summed E-state index contributed by atoms with van der Waals surface area (Å²) >= 11 is 0. The first-order valence-electron chi connectivity index (χ1n) is 14.3. The van der Waals surface area contributed by atoms with E-state index in [1.807, 2.05) is 13.0 Å². The Morgan fingerprint density at radius 1 is 0.911 bits per heavy atom. The minimum absolute atomic E-state index is 0.0683. The Morgan fingerprint density at radius 3 is 2.20 bits per heavy atom. The summed E-state index contributed by atoms with van der Waals surface area (Å²) in [4.78, 5) is 39.9. The lowest BCUT2D eigenvalue weighted by Gasteiger charge is -2.34. The summed E-state index contributed by atoms with van der Waals surface area (Å²) in [6.07, 6.45) is 0.694. The topological polar surface area (TPSA) is 130 Å². The molecule has 0 aromatic heterocycles. The fourth-order valence-electron chi connectivity index (χ4n) is 4.74. The summed E-state index contributed by atoms with van der Waals surface area (Å²) in [5, 5.41) is 14.4. The lowest BCUT2D eigenvalue weighted by molar-refractivity contribution is -0.384. The number of halogens is 1. The number of nitrogens with zero attached hydrogens (tertiary/aromatic N) is 3. The van der Waals surface area contributed by atoms with Crippen LogP contribution >= 0.6 is 0 Å². The molecule has 0 unspecified atom stereocenters. The minimum Gasteiger partial charge on any atom is -0.354 e. The van der Waals surface area contributed by atoms with Gasteiger partial charge in [0.05, 0.1) is 15.5 Å². The van der Waals surface area contributed by atoms with Crippen molar-refractivity contribution in [1.82, 2.24) is 10.2 Å². The van der Waals surface area contributed by atoms with Crippen molar-refractivity contribution in [2.75, 3.05) is 17.4 Å². The third-order valence-electron chi connectivity index (χ3n) is 7.06. The van der Waals surface area contributed by atoms with E-state index in [-0.39, 0.29) is 34.8 Å². The predicted molar refractivity (Wildman–Crippen MR) is 168 cm³/mol. The zero-order valence-electron chi connectivity index (χ0n) is 24.6. The zero-order valence-corrected chi connectivity index (χ0v) is 25.4. The first-order chi connectivity index (χ1) is 21.6. The van der Waals surface area contributed by atoms with Gasteiger partial charge < -0.3 is 10.2 Å². The third kappa shape index (κ3) is 8.30. The fraction of sp³-hybridized carbons (Fsp3) is 0.212. The molecule has 1 atom stereocenters. The molecule has 12 heteroatoms. The van der Waals surface area contributed by atoms with Crippen LogP contribution in [0.2, 0.25) is 0 Å². The van der Waals surface area contributed by atoms with E-state index in [2.05, 4.69) is 5.32 Å². The maximum atomic E-state index is 15.0. The van der Waals surface area contributed by atoms with Crippen molar-refractivity contribution in [3.05, 3.63) is 136 Å². The van der Waals surface area contributed by atoms with Gasteiger partial charge in [0.25, 0.3) is 15.7 Å². The van der Waals surface area contributed by atoms with Crippen LogP contribution in [0.25, 0.3) is 0 Å². The number of anilines is 1. The number of nitro benzene ring substituents is 1. The molecule has 0 aliphatic heterocycles. The van der Waals surface area contributed by atoms with Gasteiger partial charge in [-0.3, -0.25) is 24.0 Å². The molecule has 45 heavy (non-hydrogen) atoms. The lowest BCUT2D eigenvalue weighted by atomic mass is 10.0. The zero-order chi connectivity index (χ0) is 32.4. The maximum absolute atomic E-state index is 15.0. The monoisotopic (exact) mass is 632 g/mol. The van der Waals surface area contributed by atoms with Gasteiger partial charge in [0.15, 0.2) is 0 Å². The van der Waals surface area contributed by atoms with Crippen molar-refractivity contribution in [3.63, 3.8) is 0 Å². The molecule has 4 rings (SSSR count). The van der Waals surface area contributed by atoms with E-state index in [1.165, 1.54) is 65.6 Å². The Labute approximate surface area is 261 Å². The molecule has 0 aliphatic rings. The van der Waals surface area contributed by atoms with Gasteiger partial charge >= 0.3 is 0 Å². The summed E-state index contributed by atoms with van der Waals surface area (Å²) in [6, 6.07) is 25.9. The number of amides is 2. The van der Waals surface area contributed by atoms with Crippen molar-refractivity contribution in [2.24, 2.45) is 0 Å². The highest BCUT2D eigenvalue weighted by atomic mass is 32.2. The van der Waals surface area contributed by atoms with Crippen LogP contribution in [-0.4, -0.2) is 49.2 Å². The number of rotatable bonds is 14. The van der Waals surface area contributed by atoms with Crippen LogP contribution in [0, 0.1) is 15.9 Å². The Hall–Kier alpha value is -5.10. The number of nitro groups is 1. The highest BCUT2D eigenvalue weighted by Gasteiger charge is 2.35. The van der Waals surface area contributed by atoms with E-state index in [9.17, 15) is 32.5 Å². The Morgan fingerprint density at radius 2 is 1.56 bits per heavy atom. The molecule has 0 saturated heterocycles. The second-order valence-electron chi connectivity index (χ2n) is 10.2. The summed E-state index contributed by atoms with van der Waals surface area (Å²) in [7, 11) is -4.44. The molecule has 10 nitrogen and oxygen atoms in total. The van der Waals surface area contributed by atoms with E-state index in [4.69, 9.17) is 0 Å². The molecule has 0 saturated carbocycles. The smallest absolute Gasteiger partial charge is 0.271 e. The average molecular weight is 633 g/mol. The first-order valence-corrected chi connectivity index (χ1v) is 15.7. The van der Waals surface area contributed by atoms with Crippen LogP contribution in [0.4, 0.5) is 15.8 Å². The number of benzene rings is 4. The second kappa shape index (κ2) is 15.1. The van der Waals surface area contributed by atoms with Gasteiger partial charge in [-0.25, -0.2) is 12.8 Å². The van der Waals surface area contributed by atoms with Crippen molar-refractivity contribution in [3.8, 4) is 0 Å². The first kappa shape index (κ1) is 32.8. The van der Waals surface area contributed by atoms with Gasteiger partial charge in [0, 0.05) is 37.2 Å². The summed E-state index contributed by atoms with van der Waals surface area (Å²) in [5.74, 6) is -1.90. The van der Waals surface area contributed by atoms with Gasteiger partial charge in [-0.15, -0.1) is 0 Å². The molecule has 2 amide bonds. The normalized spacial score (nSPS) is 11.8. The van der Waals surface area contributed by atoms with E-state index >= 15 is 0 Å². The number of hydrogen-bond donors (Lipinski definition) is 1. The average Bonchev–Trinajstić information content (AvgIpc) is 3.05. The second-order valence-corrected chi connectivity index (χ2v) is 12.1. The maximum Gasteiger partial charge on any atom is 0.271 e. The fourth-order valence-corrected chi connectivity index (χ4v) is 6.17. The van der Waals surface area contributed by atoms with Crippen LogP contribution in [0.3, 0.4) is 0 Å². The molecule has 0 fully saturated rings. The van der Waals surface area contributed by atoms with Gasteiger partial charge in [-0.05, 0) is 36.2 Å². The number of carbonyl (C=O) groups excluding carboxylic acids is 2. The van der Waals surface area contributed by atoms with Crippen LogP contribution < -0.4 is 9.62 Å². The number of nitrogens with one attached hydrogen (secondary N) is 1. The standard InChI is InChI=1S/C33H33FN4O6S/c1-2-20-35-33(40)31(21-25-12-5-3-6-13-25)36(23-26-14-9-10-19-30(26)34)32(39)24-37(27-15-11-16-28(22-27)38(41)42)45(43,44)29-17-7-4-8-18-29/h3-19,22,31H,2,20-21,23-24H2,1H3,(H,35,40)/t31-/m0/s1. The van der Waals surface area contributed by atoms with Crippen LogP contribution in [0.1, 0.15) is 24.5 Å². The van der Waals surface area contributed by atoms with E-state index in [1.54, 1.807) is 36.4 Å². The van der Waals surface area contributed by atoms with Gasteiger partial charge in [0.1, 0.15) is 18.4 Å². The number of sulfonamides is 1. The van der Waals surface area contributed by atoms with Gasteiger partial charge in [0.2, 0.25) is 11.8 Å². The third-order valence-corrected chi connectivity index (χ3v) is 8.85. The molecule has 4 aromatic rings. The Kier molecular flexibility index (Phi) is 11.0. The highest BCUT2D eigenvalue weighted by Crippen LogP contribution is 2.28.